The van der Waals surface area contributed by atoms with Crippen molar-refractivity contribution in [2.45, 2.75) is 13.8 Å². The molecule has 3 aromatic rings. The predicted molar refractivity (Wildman–Crippen MR) is 84.6 cm³/mol. The third-order valence-corrected chi connectivity index (χ3v) is 3.43. The molecule has 1 heteroatoms. The maximum absolute atomic E-state index is 4.59. The first-order valence-electron chi connectivity index (χ1n) is 6.83. The highest BCUT2D eigenvalue weighted by atomic mass is 14.7. The van der Waals surface area contributed by atoms with Gasteiger partial charge in [-0.05, 0) is 43.2 Å². The SMILES string of the molecule is Cc1ccc(-c2cccc(-c3cccc(C)n3)c2)cc1. The molecule has 0 saturated carbocycles. The van der Waals surface area contributed by atoms with Crippen molar-refractivity contribution in [1.29, 1.82) is 0 Å². The molecule has 1 heterocycles. The van der Waals surface area contributed by atoms with Gasteiger partial charge < -0.3 is 0 Å². The fourth-order valence-corrected chi connectivity index (χ4v) is 2.31. The molecule has 0 saturated heterocycles. The van der Waals surface area contributed by atoms with Crippen molar-refractivity contribution >= 4 is 0 Å². The van der Waals surface area contributed by atoms with Crippen molar-refractivity contribution in [3.8, 4) is 22.4 Å². The first-order chi connectivity index (χ1) is 9.72. The highest BCUT2D eigenvalue weighted by Gasteiger charge is 2.02. The van der Waals surface area contributed by atoms with E-state index in [0.29, 0.717) is 0 Å². The monoisotopic (exact) mass is 259 g/mol. The molecule has 0 bridgehead atoms. The largest absolute Gasteiger partial charge is 0.253 e. The highest BCUT2D eigenvalue weighted by Crippen LogP contribution is 2.25. The Balaban J connectivity index is 2.03. The van der Waals surface area contributed by atoms with Crippen molar-refractivity contribution in [2.75, 3.05) is 0 Å². The van der Waals surface area contributed by atoms with Crippen LogP contribution in [0.25, 0.3) is 22.4 Å². The molecular formula is C19H17N. The van der Waals surface area contributed by atoms with E-state index in [0.717, 1.165) is 17.0 Å². The molecule has 0 atom stereocenters. The summed E-state index contributed by atoms with van der Waals surface area (Å²) in [5, 5.41) is 0. The maximum atomic E-state index is 4.59. The van der Waals surface area contributed by atoms with Crippen LogP contribution in [-0.4, -0.2) is 4.98 Å². The molecule has 0 amide bonds. The van der Waals surface area contributed by atoms with Crippen LogP contribution in [0, 0.1) is 13.8 Å². The van der Waals surface area contributed by atoms with Crippen LogP contribution < -0.4 is 0 Å². The van der Waals surface area contributed by atoms with Gasteiger partial charge in [-0.1, -0.05) is 54.1 Å². The van der Waals surface area contributed by atoms with Crippen LogP contribution in [0.4, 0.5) is 0 Å². The number of pyridine rings is 1. The summed E-state index contributed by atoms with van der Waals surface area (Å²) >= 11 is 0. The zero-order valence-electron chi connectivity index (χ0n) is 11.8. The summed E-state index contributed by atoms with van der Waals surface area (Å²) in [7, 11) is 0. The first kappa shape index (κ1) is 12.6. The Hall–Kier alpha value is -2.41. The topological polar surface area (TPSA) is 12.9 Å². The van der Waals surface area contributed by atoms with Crippen molar-refractivity contribution in [3.63, 3.8) is 0 Å². The van der Waals surface area contributed by atoms with E-state index in [-0.39, 0.29) is 0 Å². The van der Waals surface area contributed by atoms with Crippen molar-refractivity contribution in [2.24, 2.45) is 0 Å². The second kappa shape index (κ2) is 5.30. The van der Waals surface area contributed by atoms with Gasteiger partial charge in [0.25, 0.3) is 0 Å². The minimum absolute atomic E-state index is 1.03. The molecule has 0 aliphatic heterocycles. The predicted octanol–water partition coefficient (Wildman–Crippen LogP) is 5.03. The second-order valence-electron chi connectivity index (χ2n) is 5.11. The number of aromatic nitrogens is 1. The van der Waals surface area contributed by atoms with Crippen LogP contribution in [-0.2, 0) is 0 Å². The Labute approximate surface area is 119 Å². The number of aryl methyl sites for hydroxylation is 2. The average molecular weight is 259 g/mol. The molecular weight excluding hydrogens is 242 g/mol. The lowest BCUT2D eigenvalue weighted by Crippen LogP contribution is -1.87. The lowest BCUT2D eigenvalue weighted by molar-refractivity contribution is 1.21. The van der Waals surface area contributed by atoms with Crippen LogP contribution >= 0.6 is 0 Å². The maximum Gasteiger partial charge on any atom is 0.0705 e. The number of nitrogens with zero attached hydrogens (tertiary/aromatic N) is 1. The molecule has 0 radical (unpaired) electrons. The zero-order chi connectivity index (χ0) is 13.9. The molecule has 98 valence electrons. The summed E-state index contributed by atoms with van der Waals surface area (Å²) < 4.78 is 0. The molecule has 1 aromatic heterocycles. The molecule has 0 spiro atoms. The Morgan fingerprint density at radius 2 is 1.35 bits per heavy atom. The average Bonchev–Trinajstić information content (AvgIpc) is 2.48. The molecule has 3 rings (SSSR count). The summed E-state index contributed by atoms with van der Waals surface area (Å²) in [6.45, 7) is 4.13. The Bertz CT molecular complexity index is 727. The lowest BCUT2D eigenvalue weighted by atomic mass is 10.0. The van der Waals surface area contributed by atoms with E-state index >= 15 is 0 Å². The molecule has 20 heavy (non-hydrogen) atoms. The minimum atomic E-state index is 1.03. The fraction of sp³-hybridized carbons (Fsp3) is 0.105. The van der Waals surface area contributed by atoms with E-state index in [1.54, 1.807) is 0 Å². The molecule has 0 fully saturated rings. The Morgan fingerprint density at radius 3 is 2.10 bits per heavy atom. The van der Waals surface area contributed by atoms with E-state index in [1.165, 1.54) is 16.7 Å². The minimum Gasteiger partial charge on any atom is -0.253 e. The molecule has 0 aliphatic carbocycles. The van der Waals surface area contributed by atoms with E-state index < -0.39 is 0 Å². The van der Waals surface area contributed by atoms with Crippen LogP contribution in [0.5, 0.6) is 0 Å². The first-order valence-corrected chi connectivity index (χ1v) is 6.83. The van der Waals surface area contributed by atoms with Gasteiger partial charge in [0, 0.05) is 11.3 Å². The second-order valence-corrected chi connectivity index (χ2v) is 5.11. The summed E-state index contributed by atoms with van der Waals surface area (Å²) in [4.78, 5) is 4.59. The van der Waals surface area contributed by atoms with Gasteiger partial charge in [0.15, 0.2) is 0 Å². The van der Waals surface area contributed by atoms with E-state index in [2.05, 4.69) is 72.6 Å². The number of hydrogen-bond acceptors (Lipinski definition) is 1. The molecule has 0 aliphatic rings. The van der Waals surface area contributed by atoms with Gasteiger partial charge in [-0.3, -0.25) is 4.98 Å². The Kier molecular flexibility index (Phi) is 3.34. The zero-order valence-corrected chi connectivity index (χ0v) is 11.8. The van der Waals surface area contributed by atoms with E-state index in [1.807, 2.05) is 13.0 Å². The lowest BCUT2D eigenvalue weighted by Gasteiger charge is -2.06. The Morgan fingerprint density at radius 1 is 0.650 bits per heavy atom. The van der Waals surface area contributed by atoms with Crippen LogP contribution in [0.2, 0.25) is 0 Å². The van der Waals surface area contributed by atoms with Gasteiger partial charge >= 0.3 is 0 Å². The van der Waals surface area contributed by atoms with Gasteiger partial charge in [-0.2, -0.15) is 0 Å². The van der Waals surface area contributed by atoms with Gasteiger partial charge in [0.05, 0.1) is 5.69 Å². The van der Waals surface area contributed by atoms with Gasteiger partial charge in [-0.15, -0.1) is 0 Å². The number of benzene rings is 2. The van der Waals surface area contributed by atoms with Gasteiger partial charge in [0.1, 0.15) is 0 Å². The van der Waals surface area contributed by atoms with Crippen molar-refractivity contribution in [1.82, 2.24) is 4.98 Å². The van der Waals surface area contributed by atoms with Gasteiger partial charge in [-0.25, -0.2) is 0 Å². The normalized spacial score (nSPS) is 10.5. The van der Waals surface area contributed by atoms with Gasteiger partial charge in [0.2, 0.25) is 0 Å². The standard InChI is InChI=1S/C19H17N/c1-14-9-11-16(12-10-14)17-6-4-7-18(13-17)19-8-3-5-15(2)20-19/h3-13H,1-2H3. The molecule has 0 unspecified atom stereocenters. The third kappa shape index (κ3) is 2.62. The fourth-order valence-electron chi connectivity index (χ4n) is 2.31. The smallest absolute Gasteiger partial charge is 0.0705 e. The quantitative estimate of drug-likeness (QED) is 0.628. The number of rotatable bonds is 2. The molecule has 1 nitrogen and oxygen atoms in total. The van der Waals surface area contributed by atoms with E-state index in [9.17, 15) is 0 Å². The van der Waals surface area contributed by atoms with Crippen LogP contribution in [0.3, 0.4) is 0 Å². The highest BCUT2D eigenvalue weighted by molar-refractivity contribution is 5.71. The van der Waals surface area contributed by atoms with Crippen molar-refractivity contribution < 1.29 is 0 Å². The molecule has 2 aromatic carbocycles. The molecule has 0 N–H and O–H groups in total. The van der Waals surface area contributed by atoms with Crippen LogP contribution in [0.1, 0.15) is 11.3 Å². The summed E-state index contributed by atoms with van der Waals surface area (Å²) in [5.41, 5.74) is 6.98. The third-order valence-electron chi connectivity index (χ3n) is 3.43. The van der Waals surface area contributed by atoms with Crippen molar-refractivity contribution in [3.05, 3.63) is 78.0 Å². The van der Waals surface area contributed by atoms with E-state index in [4.69, 9.17) is 0 Å². The summed E-state index contributed by atoms with van der Waals surface area (Å²) in [6, 6.07) is 23.3. The number of hydrogen-bond donors (Lipinski definition) is 0. The summed E-state index contributed by atoms with van der Waals surface area (Å²) in [6.07, 6.45) is 0. The summed E-state index contributed by atoms with van der Waals surface area (Å²) in [5.74, 6) is 0. The van der Waals surface area contributed by atoms with Crippen LogP contribution in [0.15, 0.2) is 66.7 Å².